The average molecular weight is 420 g/mol. The Morgan fingerprint density at radius 2 is 1.53 bits per heavy atom. The van der Waals surface area contributed by atoms with Crippen molar-refractivity contribution in [1.82, 2.24) is 0 Å². The smallest absolute Gasteiger partial charge is 0.399 e. The normalized spacial score (nSPS) is 17.2. The molecule has 0 radical (unpaired) electrons. The van der Waals surface area contributed by atoms with Crippen LogP contribution >= 0.6 is 0 Å². The summed E-state index contributed by atoms with van der Waals surface area (Å²) in [6.07, 6.45) is 0. The van der Waals surface area contributed by atoms with Gasteiger partial charge in [-0.2, -0.15) is 0 Å². The van der Waals surface area contributed by atoms with E-state index in [2.05, 4.69) is 5.32 Å². The lowest BCUT2D eigenvalue weighted by molar-refractivity contribution is 0.00578. The van der Waals surface area contributed by atoms with Gasteiger partial charge in [-0.25, -0.2) is 18.0 Å². The molecule has 2 aromatic carbocycles. The average Bonchev–Trinajstić information content (AvgIpc) is 2.90. The standard InChI is InChI=1S/C21H24BF3N2O3/c1-12-17(24)15(23)11-16(18(12)25)27(6)19(28)26-14-9-7-13(8-10-14)22-29-20(2,3)21(4,5)30-22/h7-11H,1-6H3,(H,26,28). The maximum atomic E-state index is 14.3. The van der Waals surface area contributed by atoms with Gasteiger partial charge in [0.1, 0.15) is 0 Å². The van der Waals surface area contributed by atoms with Crippen molar-refractivity contribution in [2.45, 2.75) is 45.8 Å². The number of nitrogens with one attached hydrogen (secondary N) is 1. The maximum absolute atomic E-state index is 14.3. The summed E-state index contributed by atoms with van der Waals surface area (Å²) in [5.74, 6) is -3.50. The van der Waals surface area contributed by atoms with Crippen LogP contribution in [-0.2, 0) is 9.31 Å². The summed E-state index contributed by atoms with van der Waals surface area (Å²) < 4.78 is 53.4. The molecule has 1 aliphatic heterocycles. The Balaban J connectivity index is 1.73. The fraction of sp³-hybridized carbons (Fsp3) is 0.381. The van der Waals surface area contributed by atoms with Crippen LogP contribution < -0.4 is 15.7 Å². The zero-order chi connectivity index (χ0) is 22.4. The second-order valence-corrected chi connectivity index (χ2v) is 8.33. The van der Waals surface area contributed by atoms with Crippen molar-refractivity contribution in [2.75, 3.05) is 17.3 Å². The van der Waals surface area contributed by atoms with E-state index in [0.717, 1.165) is 17.3 Å². The molecule has 160 valence electrons. The molecule has 5 nitrogen and oxygen atoms in total. The van der Waals surface area contributed by atoms with E-state index < -0.39 is 47.4 Å². The van der Waals surface area contributed by atoms with Crippen LogP contribution in [0.4, 0.5) is 29.3 Å². The molecule has 0 spiro atoms. The molecule has 0 saturated carbocycles. The topological polar surface area (TPSA) is 50.8 Å². The molecule has 0 unspecified atom stereocenters. The first-order chi connectivity index (χ1) is 13.8. The first-order valence-corrected chi connectivity index (χ1v) is 9.48. The molecule has 1 aliphatic rings. The van der Waals surface area contributed by atoms with Crippen LogP contribution in [0.3, 0.4) is 0 Å². The van der Waals surface area contributed by atoms with Crippen LogP contribution in [0.15, 0.2) is 30.3 Å². The van der Waals surface area contributed by atoms with Gasteiger partial charge in [-0.3, -0.25) is 4.90 Å². The van der Waals surface area contributed by atoms with Crippen LogP contribution in [0.5, 0.6) is 0 Å². The summed E-state index contributed by atoms with van der Waals surface area (Å²) in [6.45, 7) is 8.93. The van der Waals surface area contributed by atoms with E-state index in [1.54, 1.807) is 24.3 Å². The number of nitrogens with zero attached hydrogens (tertiary/aromatic N) is 1. The first kappa shape index (κ1) is 22.2. The van der Waals surface area contributed by atoms with Gasteiger partial charge in [-0.1, -0.05) is 12.1 Å². The van der Waals surface area contributed by atoms with Crippen molar-refractivity contribution >= 4 is 30.0 Å². The van der Waals surface area contributed by atoms with Crippen molar-refractivity contribution < 1.29 is 27.3 Å². The molecule has 1 saturated heterocycles. The zero-order valence-corrected chi connectivity index (χ0v) is 17.8. The van der Waals surface area contributed by atoms with E-state index in [9.17, 15) is 18.0 Å². The summed E-state index contributed by atoms with van der Waals surface area (Å²) in [7, 11) is 0.727. The van der Waals surface area contributed by atoms with Crippen LogP contribution in [0, 0.1) is 24.4 Å². The summed E-state index contributed by atoms with van der Waals surface area (Å²) >= 11 is 0. The maximum Gasteiger partial charge on any atom is 0.494 e. The minimum absolute atomic E-state index is 0.363. The number of urea groups is 1. The third-order valence-electron chi connectivity index (χ3n) is 5.71. The number of hydrogen-bond donors (Lipinski definition) is 1. The van der Waals surface area contributed by atoms with Gasteiger partial charge < -0.3 is 14.6 Å². The minimum atomic E-state index is -1.27. The molecular formula is C21H24BF3N2O3. The lowest BCUT2D eigenvalue weighted by atomic mass is 9.79. The lowest BCUT2D eigenvalue weighted by Crippen LogP contribution is -2.41. The van der Waals surface area contributed by atoms with E-state index in [0.29, 0.717) is 11.8 Å². The molecule has 30 heavy (non-hydrogen) atoms. The highest BCUT2D eigenvalue weighted by atomic mass is 19.2. The number of carbonyl (C=O) groups is 1. The second-order valence-electron chi connectivity index (χ2n) is 8.33. The van der Waals surface area contributed by atoms with Crippen LogP contribution in [0.2, 0.25) is 0 Å². The fourth-order valence-corrected chi connectivity index (χ4v) is 2.98. The lowest BCUT2D eigenvalue weighted by Gasteiger charge is -2.32. The molecule has 0 aliphatic carbocycles. The molecule has 2 amide bonds. The van der Waals surface area contributed by atoms with Gasteiger partial charge in [0.2, 0.25) is 0 Å². The van der Waals surface area contributed by atoms with Crippen LogP contribution in [0.1, 0.15) is 33.3 Å². The molecule has 3 rings (SSSR count). The molecule has 0 bridgehead atoms. The van der Waals surface area contributed by atoms with Gasteiger partial charge in [0.05, 0.1) is 16.9 Å². The summed E-state index contributed by atoms with van der Waals surface area (Å²) in [4.78, 5) is 13.3. The number of rotatable bonds is 3. The van der Waals surface area contributed by atoms with Gasteiger partial charge in [-0.15, -0.1) is 0 Å². The van der Waals surface area contributed by atoms with Crippen molar-refractivity contribution in [1.29, 1.82) is 0 Å². The second kappa shape index (κ2) is 7.63. The predicted octanol–water partition coefficient (Wildman–Crippen LogP) is 4.38. The SMILES string of the molecule is Cc1c(F)c(F)cc(N(C)C(=O)Nc2ccc(B3OC(C)(C)C(C)(C)O3)cc2)c1F. The Morgan fingerprint density at radius 3 is 2.07 bits per heavy atom. The first-order valence-electron chi connectivity index (χ1n) is 9.48. The molecule has 1 fully saturated rings. The Bertz CT molecular complexity index is 964. The van der Waals surface area contributed by atoms with Crippen molar-refractivity contribution in [3.8, 4) is 0 Å². The third kappa shape index (κ3) is 3.91. The molecule has 2 aromatic rings. The Kier molecular flexibility index (Phi) is 5.64. The number of carbonyl (C=O) groups excluding carboxylic acids is 1. The minimum Gasteiger partial charge on any atom is -0.399 e. The van der Waals surface area contributed by atoms with E-state index in [1.807, 2.05) is 27.7 Å². The van der Waals surface area contributed by atoms with Gasteiger partial charge in [0, 0.05) is 24.4 Å². The van der Waals surface area contributed by atoms with Crippen molar-refractivity contribution in [3.63, 3.8) is 0 Å². The van der Waals surface area contributed by atoms with Gasteiger partial charge in [0.25, 0.3) is 0 Å². The van der Waals surface area contributed by atoms with E-state index in [1.165, 1.54) is 7.05 Å². The van der Waals surface area contributed by atoms with Crippen molar-refractivity contribution in [2.24, 2.45) is 0 Å². The molecule has 9 heteroatoms. The van der Waals surface area contributed by atoms with Crippen LogP contribution in [0.25, 0.3) is 0 Å². The van der Waals surface area contributed by atoms with Gasteiger partial charge in [-0.05, 0) is 52.2 Å². The fourth-order valence-electron chi connectivity index (χ4n) is 2.98. The highest BCUT2D eigenvalue weighted by Gasteiger charge is 2.51. The Hall–Kier alpha value is -2.52. The highest BCUT2D eigenvalue weighted by molar-refractivity contribution is 6.62. The summed E-state index contributed by atoms with van der Waals surface area (Å²) in [5, 5.41) is 2.59. The largest absolute Gasteiger partial charge is 0.494 e. The molecule has 1 N–H and O–H groups in total. The predicted molar refractivity (Wildman–Crippen MR) is 111 cm³/mol. The highest BCUT2D eigenvalue weighted by Crippen LogP contribution is 2.36. The monoisotopic (exact) mass is 420 g/mol. The summed E-state index contributed by atoms with van der Waals surface area (Å²) in [5.41, 5.74) is -0.581. The van der Waals surface area contributed by atoms with Gasteiger partial charge >= 0.3 is 13.1 Å². The number of hydrogen-bond acceptors (Lipinski definition) is 3. The van der Waals surface area contributed by atoms with E-state index in [-0.39, 0.29) is 5.69 Å². The molecule has 1 heterocycles. The number of halogens is 3. The van der Waals surface area contributed by atoms with E-state index in [4.69, 9.17) is 9.31 Å². The number of benzene rings is 2. The Labute approximate surface area is 174 Å². The number of amides is 2. The Morgan fingerprint density at radius 1 is 1.00 bits per heavy atom. The molecule has 0 atom stereocenters. The quantitative estimate of drug-likeness (QED) is 0.593. The molecular weight excluding hydrogens is 396 g/mol. The zero-order valence-electron chi connectivity index (χ0n) is 17.8. The summed E-state index contributed by atoms with van der Waals surface area (Å²) in [6, 6.07) is 6.75. The van der Waals surface area contributed by atoms with E-state index >= 15 is 0 Å². The number of anilines is 2. The molecule has 0 aromatic heterocycles. The van der Waals surface area contributed by atoms with Gasteiger partial charge in [0.15, 0.2) is 17.5 Å². The van der Waals surface area contributed by atoms with Crippen molar-refractivity contribution in [3.05, 3.63) is 53.3 Å². The van der Waals surface area contributed by atoms with Crippen LogP contribution in [-0.4, -0.2) is 31.4 Å². The third-order valence-corrected chi connectivity index (χ3v) is 5.71.